The van der Waals surface area contributed by atoms with Crippen LogP contribution in [0.4, 0.5) is 17.5 Å². The second-order valence-corrected chi connectivity index (χ2v) is 18.4. The lowest BCUT2D eigenvalue weighted by Crippen LogP contribution is -2.38. The molecule has 5 aromatic rings. The van der Waals surface area contributed by atoms with Crippen LogP contribution in [0.25, 0.3) is 22.3 Å². The van der Waals surface area contributed by atoms with Crippen molar-refractivity contribution in [2.75, 3.05) is 37.0 Å². The van der Waals surface area contributed by atoms with Gasteiger partial charge in [-0.05, 0) is 6.07 Å². The number of nitrogens with two attached hydrogens (primary N) is 3. The Kier molecular flexibility index (Phi) is 12.9. The van der Waals surface area contributed by atoms with E-state index in [4.69, 9.17) is 49.5 Å². The zero-order chi connectivity index (χ0) is 46.7. The Balaban J connectivity index is 1.00. The van der Waals surface area contributed by atoms with E-state index in [1.165, 1.54) is 6.07 Å². The van der Waals surface area contributed by atoms with Crippen LogP contribution in [0.1, 0.15) is 18.7 Å². The molecule has 0 spiro atoms. The number of hydrogen-bond donors (Lipinski definition) is 11. The third-order valence-corrected chi connectivity index (χ3v) is 12.6. The summed E-state index contributed by atoms with van der Waals surface area (Å²) in [7, 11) is -16.1. The molecule has 8 rings (SSSR count). The number of nitrogen functional groups attached to an aromatic ring is 3. The number of hydrogen-bond acceptors (Lipinski definition) is 26. The Morgan fingerprint density at radius 2 is 1.05 bits per heavy atom. The molecule has 0 amide bonds. The Hall–Kier alpha value is -4.57. The molecule has 0 radical (unpaired) electrons. The summed E-state index contributed by atoms with van der Waals surface area (Å²) in [5, 5.41) is 44.1. The van der Waals surface area contributed by atoms with Gasteiger partial charge >= 0.3 is 29.2 Å². The summed E-state index contributed by atoms with van der Waals surface area (Å²) in [6.45, 7) is -3.09. The second-order valence-electron chi connectivity index (χ2n) is 14.3. The predicted octanol–water partition coefficient (Wildman–Crippen LogP) is -4.08. The van der Waals surface area contributed by atoms with Crippen LogP contribution >= 0.6 is 23.5 Å². The van der Waals surface area contributed by atoms with E-state index < -0.39 is 123 Å². The van der Waals surface area contributed by atoms with Crippen molar-refractivity contribution in [3.8, 4) is 0 Å². The van der Waals surface area contributed by atoms with Crippen LogP contribution in [0.3, 0.4) is 0 Å². The molecular formula is C29H38N13O20P3. The number of aromatic nitrogens is 10. The van der Waals surface area contributed by atoms with E-state index in [2.05, 4.69) is 39.4 Å². The van der Waals surface area contributed by atoms with Crippen LogP contribution in [0, 0.1) is 0 Å². The number of rotatable bonds is 16. The summed E-state index contributed by atoms with van der Waals surface area (Å²) in [6.07, 6.45) is -15.7. The highest BCUT2D eigenvalue weighted by Gasteiger charge is 2.53. The maximum atomic E-state index is 13.6. The molecule has 0 aromatic carbocycles. The molecule has 14 N–H and O–H groups in total. The number of aliphatic hydroxyl groups excluding tert-OH is 4. The summed E-state index contributed by atoms with van der Waals surface area (Å²) in [4.78, 5) is 80.4. The van der Waals surface area contributed by atoms with Crippen LogP contribution in [-0.2, 0) is 50.5 Å². The fraction of sp³-hybridized carbons (Fsp3) is 0.517. The van der Waals surface area contributed by atoms with E-state index in [9.17, 15) is 58.5 Å². The monoisotopic (exact) mass is 981 g/mol. The average Bonchev–Trinajstić information content (AvgIpc) is 4.05. The van der Waals surface area contributed by atoms with Gasteiger partial charge in [-0.3, -0.25) is 36.3 Å². The molecule has 2 unspecified atom stereocenters. The third-order valence-electron chi connectivity index (χ3n) is 10.1. The number of fused-ring (bicyclic) bond motifs is 2. The first-order valence-electron chi connectivity index (χ1n) is 18.5. The van der Waals surface area contributed by atoms with Crippen molar-refractivity contribution >= 4 is 63.2 Å². The van der Waals surface area contributed by atoms with Crippen LogP contribution in [-0.4, -0.2) is 163 Å². The zero-order valence-corrected chi connectivity index (χ0v) is 35.2. The highest BCUT2D eigenvalue weighted by atomic mass is 31.2. The van der Waals surface area contributed by atoms with E-state index in [1.807, 2.05) is 0 Å². The van der Waals surface area contributed by atoms with Gasteiger partial charge in [0, 0.05) is 6.20 Å². The Morgan fingerprint density at radius 3 is 1.52 bits per heavy atom. The highest BCUT2D eigenvalue weighted by molar-refractivity contribution is 7.47. The van der Waals surface area contributed by atoms with Gasteiger partial charge in [0.25, 0.3) is 0 Å². The van der Waals surface area contributed by atoms with Gasteiger partial charge in [0.15, 0.2) is 41.6 Å². The summed E-state index contributed by atoms with van der Waals surface area (Å²) >= 11 is 0. The van der Waals surface area contributed by atoms with Crippen molar-refractivity contribution in [3.05, 3.63) is 48.1 Å². The number of nitrogens with zero attached hydrogens (tertiary/aromatic N) is 10. The molecule has 0 aliphatic carbocycles. The summed E-state index contributed by atoms with van der Waals surface area (Å²) in [5.41, 5.74) is 16.4. The Bertz CT molecular complexity index is 2760. The SMILES string of the molecule is Nc1ccn([C@@H]2O[C@H](COP(=O)(O)O[C@H]3[C@@H](O)[C@H](n4cnc5c(N)ncnc54)O[C@@H]3COP(=O)(O)O[C@H]3[C@@H](O)[C@H](n4cnc5c(N)ncnc54)O[C@@H]3COP(=O)(O)O)[C@@H](O)[C@H]2O)c(=O)n1. The topological polar surface area (TPSA) is 487 Å². The molecule has 36 heteroatoms. The minimum absolute atomic E-state index is 0.00878. The molecule has 5 aromatic heterocycles. The molecule has 3 aliphatic rings. The van der Waals surface area contributed by atoms with Crippen molar-refractivity contribution in [2.45, 2.75) is 73.6 Å². The summed E-state index contributed by atoms with van der Waals surface area (Å²) < 4.78 is 84.3. The number of imidazole rings is 2. The molecule has 3 fully saturated rings. The lowest BCUT2D eigenvalue weighted by molar-refractivity contribution is -0.0630. The first kappa shape index (κ1) is 46.9. The van der Waals surface area contributed by atoms with Crippen LogP contribution in [0.2, 0.25) is 0 Å². The predicted molar refractivity (Wildman–Crippen MR) is 207 cm³/mol. The fourth-order valence-electron chi connectivity index (χ4n) is 7.13. The minimum atomic E-state index is -5.49. The molecule has 8 heterocycles. The lowest BCUT2D eigenvalue weighted by Gasteiger charge is -2.26. The van der Waals surface area contributed by atoms with E-state index in [0.717, 1.165) is 45.2 Å². The largest absolute Gasteiger partial charge is 0.472 e. The van der Waals surface area contributed by atoms with Crippen molar-refractivity contribution in [2.24, 2.45) is 0 Å². The number of phosphoric acid groups is 3. The number of phosphoric ester groups is 3. The van der Waals surface area contributed by atoms with Gasteiger partial charge in [-0.15, -0.1) is 0 Å². The van der Waals surface area contributed by atoms with Gasteiger partial charge in [-0.2, -0.15) is 4.98 Å². The number of aliphatic hydroxyl groups is 4. The van der Waals surface area contributed by atoms with Gasteiger partial charge in [-0.25, -0.2) is 48.4 Å². The smallest absolute Gasteiger partial charge is 0.387 e. The van der Waals surface area contributed by atoms with Crippen LogP contribution in [0.15, 0.2) is 42.4 Å². The molecule has 14 atom stereocenters. The first-order chi connectivity index (χ1) is 30.6. The van der Waals surface area contributed by atoms with E-state index >= 15 is 0 Å². The van der Waals surface area contributed by atoms with Crippen molar-refractivity contribution < 1.29 is 90.5 Å². The first-order valence-corrected chi connectivity index (χ1v) is 23.0. The fourth-order valence-corrected chi connectivity index (χ4v) is 9.40. The molecule has 65 heavy (non-hydrogen) atoms. The standard InChI is InChI=1S/C29H38N13O20P3/c30-13-1-2-40(29(47)39-13)26-17(44)16(43)10(58-26)3-56-64(51,52)62-21-12(60-28(19(21)46)42-9-38-15-23(32)34-7-36-25(15)42)5-57-65(53,54)61-20-11(4-55-63(48,49)50)59-27(18(20)45)41-8-37-14-22(31)33-6-35-24(14)41/h1-2,6-12,16-21,26-28,43-46H,3-5H2,(H,51,52)(H,53,54)(H2,30,39,47)(H2,31,33,35)(H2,32,34,36)(H2,48,49,50)/t10-,11-,12-,16-,17-,18-,19-,20-,21-,26-,27-,28-/m1/s1. The van der Waals surface area contributed by atoms with Crippen molar-refractivity contribution in [1.29, 1.82) is 0 Å². The van der Waals surface area contributed by atoms with Gasteiger partial charge in [0.05, 0.1) is 32.5 Å². The number of ether oxygens (including phenoxy) is 3. The zero-order valence-electron chi connectivity index (χ0n) is 32.5. The summed E-state index contributed by atoms with van der Waals surface area (Å²) in [6, 6.07) is 1.21. The molecule has 0 saturated carbocycles. The molecular weight excluding hydrogens is 943 g/mol. The molecule has 3 saturated heterocycles. The normalized spacial score (nSPS) is 31.4. The molecule has 354 valence electrons. The van der Waals surface area contributed by atoms with Crippen LogP contribution in [0.5, 0.6) is 0 Å². The van der Waals surface area contributed by atoms with Gasteiger partial charge in [-0.1, -0.05) is 0 Å². The van der Waals surface area contributed by atoms with E-state index in [-0.39, 0.29) is 39.8 Å². The lowest BCUT2D eigenvalue weighted by atomic mass is 10.1. The maximum Gasteiger partial charge on any atom is 0.472 e. The Morgan fingerprint density at radius 1 is 0.600 bits per heavy atom. The molecule has 3 aliphatic heterocycles. The highest BCUT2D eigenvalue weighted by Crippen LogP contribution is 2.53. The van der Waals surface area contributed by atoms with E-state index in [1.54, 1.807) is 0 Å². The Labute approximate surface area is 360 Å². The summed E-state index contributed by atoms with van der Waals surface area (Å²) in [5.74, 6) is -0.282. The van der Waals surface area contributed by atoms with Gasteiger partial charge < -0.3 is 71.4 Å². The van der Waals surface area contributed by atoms with E-state index in [0.29, 0.717) is 0 Å². The third kappa shape index (κ3) is 9.66. The molecule has 33 nitrogen and oxygen atoms in total. The van der Waals surface area contributed by atoms with Crippen molar-refractivity contribution in [3.63, 3.8) is 0 Å². The molecule has 0 bridgehead atoms. The average molecular weight is 982 g/mol. The van der Waals surface area contributed by atoms with Crippen molar-refractivity contribution in [1.82, 2.24) is 48.6 Å². The van der Waals surface area contributed by atoms with Gasteiger partial charge in [0.1, 0.15) is 84.4 Å². The second kappa shape index (κ2) is 17.9. The minimum Gasteiger partial charge on any atom is -0.387 e. The van der Waals surface area contributed by atoms with Crippen LogP contribution < -0.4 is 22.9 Å². The number of anilines is 3. The maximum absolute atomic E-state index is 13.6. The van der Waals surface area contributed by atoms with Gasteiger partial charge in [0.2, 0.25) is 0 Å². The quantitative estimate of drug-likeness (QED) is 0.0419.